The number of alkyl halides is 1. The average Bonchev–Trinajstić information content (AvgIpc) is 2.40. The minimum atomic E-state index is -0.252. The topological polar surface area (TPSA) is 29.5 Å². The first-order valence-corrected chi connectivity index (χ1v) is 7.38. The number of ether oxygens (including phenoxy) is 1. The second kappa shape index (κ2) is 6.48. The molecule has 1 heterocycles. The number of carbonyl (C=O) groups is 1. The molecular weight excluding hydrogens is 314 g/mol. The highest BCUT2D eigenvalue weighted by Crippen LogP contribution is 2.22. The van der Waals surface area contributed by atoms with Gasteiger partial charge in [-0.15, -0.1) is 0 Å². The quantitative estimate of drug-likeness (QED) is 0.667. The number of benzene rings is 1. The van der Waals surface area contributed by atoms with Gasteiger partial charge in [-0.2, -0.15) is 12.6 Å². The fraction of sp³-hybridized carbons (Fsp3) is 0.462. The number of rotatable bonds is 2. The summed E-state index contributed by atoms with van der Waals surface area (Å²) in [4.78, 5) is 14.0. The molecule has 1 amide bonds. The standard InChI is InChI=1S/C13H16BrNO2S/c14-11-6-7-15(8-12(11)18)13(16)17-9-10-4-2-1-3-5-10/h1-5,11-12,18H,6-9H2/t11-,12-/m0/s1. The van der Waals surface area contributed by atoms with Crippen molar-refractivity contribution in [1.29, 1.82) is 0 Å². The largest absolute Gasteiger partial charge is 0.445 e. The molecule has 0 saturated carbocycles. The Labute approximate surface area is 121 Å². The molecule has 1 aliphatic heterocycles. The van der Waals surface area contributed by atoms with Crippen LogP contribution in [0.25, 0.3) is 0 Å². The number of amides is 1. The predicted molar refractivity (Wildman–Crippen MR) is 78.3 cm³/mol. The van der Waals surface area contributed by atoms with Crippen molar-refractivity contribution in [2.75, 3.05) is 13.1 Å². The molecular formula is C13H16BrNO2S. The van der Waals surface area contributed by atoms with E-state index in [0.717, 1.165) is 18.5 Å². The van der Waals surface area contributed by atoms with Gasteiger partial charge in [0.2, 0.25) is 0 Å². The van der Waals surface area contributed by atoms with Crippen molar-refractivity contribution < 1.29 is 9.53 Å². The Morgan fingerprint density at radius 1 is 1.44 bits per heavy atom. The summed E-state index contributed by atoms with van der Waals surface area (Å²) in [5, 5.41) is 0.169. The number of piperidine rings is 1. The van der Waals surface area contributed by atoms with E-state index in [0.29, 0.717) is 18.0 Å². The Bertz CT molecular complexity index is 401. The summed E-state index contributed by atoms with van der Waals surface area (Å²) in [7, 11) is 0. The van der Waals surface area contributed by atoms with E-state index in [1.54, 1.807) is 4.90 Å². The number of nitrogens with zero attached hydrogens (tertiary/aromatic N) is 1. The third-order valence-corrected chi connectivity index (χ3v) is 4.99. The molecule has 0 spiro atoms. The molecule has 1 aromatic carbocycles. The molecule has 1 aromatic rings. The first kappa shape index (κ1) is 13.7. The molecule has 2 atom stereocenters. The maximum absolute atomic E-state index is 11.9. The number of hydrogen-bond donors (Lipinski definition) is 1. The van der Waals surface area contributed by atoms with Crippen LogP contribution in [0.1, 0.15) is 12.0 Å². The SMILES string of the molecule is O=C(OCc1ccccc1)N1CC[C@H](Br)[C@@H](S)C1. The second-order valence-corrected chi connectivity index (χ2v) is 6.20. The van der Waals surface area contributed by atoms with Crippen LogP contribution in [-0.2, 0) is 11.3 Å². The Kier molecular flexibility index (Phi) is 4.95. The van der Waals surface area contributed by atoms with Crippen molar-refractivity contribution in [3.05, 3.63) is 35.9 Å². The zero-order valence-electron chi connectivity index (χ0n) is 9.96. The molecule has 5 heteroatoms. The lowest BCUT2D eigenvalue weighted by Gasteiger charge is -2.32. The number of halogens is 1. The highest BCUT2D eigenvalue weighted by Gasteiger charge is 2.28. The highest BCUT2D eigenvalue weighted by atomic mass is 79.9. The van der Waals surface area contributed by atoms with Gasteiger partial charge in [0.1, 0.15) is 6.61 Å². The Balaban J connectivity index is 1.82. The van der Waals surface area contributed by atoms with Gasteiger partial charge in [-0.05, 0) is 12.0 Å². The van der Waals surface area contributed by atoms with Gasteiger partial charge in [-0.25, -0.2) is 4.79 Å². The third kappa shape index (κ3) is 3.65. The van der Waals surface area contributed by atoms with Crippen molar-refractivity contribution in [3.8, 4) is 0 Å². The predicted octanol–water partition coefficient (Wildman–Crippen LogP) is 3.09. The van der Waals surface area contributed by atoms with Crippen LogP contribution in [0.3, 0.4) is 0 Å². The van der Waals surface area contributed by atoms with Crippen LogP contribution in [0.5, 0.6) is 0 Å². The zero-order chi connectivity index (χ0) is 13.0. The Hall–Kier alpha value is -0.680. The summed E-state index contributed by atoms with van der Waals surface area (Å²) in [5.74, 6) is 0. The number of hydrogen-bond acceptors (Lipinski definition) is 3. The minimum absolute atomic E-state index is 0.169. The van der Waals surface area contributed by atoms with E-state index in [2.05, 4.69) is 28.6 Å². The van der Waals surface area contributed by atoms with Gasteiger partial charge in [-0.1, -0.05) is 46.3 Å². The van der Waals surface area contributed by atoms with Gasteiger partial charge in [0.05, 0.1) is 0 Å². The smallest absolute Gasteiger partial charge is 0.410 e. The maximum atomic E-state index is 11.9. The maximum Gasteiger partial charge on any atom is 0.410 e. The second-order valence-electron chi connectivity index (χ2n) is 4.36. The van der Waals surface area contributed by atoms with E-state index in [1.165, 1.54) is 0 Å². The van der Waals surface area contributed by atoms with E-state index in [1.807, 2.05) is 30.3 Å². The molecule has 1 fully saturated rings. The molecule has 0 bridgehead atoms. The molecule has 2 rings (SSSR count). The fourth-order valence-corrected chi connectivity index (χ4v) is 2.60. The number of thiol groups is 1. The number of carbonyl (C=O) groups excluding carboxylic acids is 1. The molecule has 0 aromatic heterocycles. The van der Waals surface area contributed by atoms with E-state index >= 15 is 0 Å². The molecule has 1 aliphatic rings. The highest BCUT2D eigenvalue weighted by molar-refractivity contribution is 9.09. The van der Waals surface area contributed by atoms with E-state index in [-0.39, 0.29) is 11.3 Å². The third-order valence-electron chi connectivity index (χ3n) is 2.96. The lowest BCUT2D eigenvalue weighted by Crippen LogP contribution is -2.45. The zero-order valence-corrected chi connectivity index (χ0v) is 12.4. The summed E-state index contributed by atoms with van der Waals surface area (Å²) in [6.07, 6.45) is 0.659. The van der Waals surface area contributed by atoms with Crippen molar-refractivity contribution in [2.24, 2.45) is 0 Å². The van der Waals surface area contributed by atoms with Gasteiger partial charge in [0.25, 0.3) is 0 Å². The fourth-order valence-electron chi connectivity index (χ4n) is 1.88. The van der Waals surface area contributed by atoms with Crippen molar-refractivity contribution in [2.45, 2.75) is 23.1 Å². The molecule has 0 N–H and O–H groups in total. The molecule has 0 unspecified atom stereocenters. The average molecular weight is 330 g/mol. The van der Waals surface area contributed by atoms with Crippen LogP contribution in [0, 0.1) is 0 Å². The lowest BCUT2D eigenvalue weighted by atomic mass is 10.1. The van der Waals surface area contributed by atoms with Crippen molar-refractivity contribution >= 4 is 34.7 Å². The van der Waals surface area contributed by atoms with Crippen molar-refractivity contribution in [1.82, 2.24) is 4.90 Å². The van der Waals surface area contributed by atoms with Crippen LogP contribution >= 0.6 is 28.6 Å². The van der Waals surface area contributed by atoms with Gasteiger partial charge in [0.15, 0.2) is 0 Å². The van der Waals surface area contributed by atoms with Crippen LogP contribution in [-0.4, -0.2) is 34.2 Å². The summed E-state index contributed by atoms with van der Waals surface area (Å²) >= 11 is 8.00. The monoisotopic (exact) mass is 329 g/mol. The van der Waals surface area contributed by atoms with E-state index in [4.69, 9.17) is 4.74 Å². The molecule has 3 nitrogen and oxygen atoms in total. The molecule has 98 valence electrons. The number of likely N-dealkylation sites (tertiary alicyclic amines) is 1. The van der Waals surface area contributed by atoms with Crippen LogP contribution in [0.2, 0.25) is 0 Å². The normalized spacial score (nSPS) is 23.8. The first-order valence-electron chi connectivity index (χ1n) is 5.94. The van der Waals surface area contributed by atoms with Gasteiger partial charge in [-0.3, -0.25) is 0 Å². The molecule has 0 radical (unpaired) electrons. The first-order chi connectivity index (χ1) is 8.66. The van der Waals surface area contributed by atoms with Crippen LogP contribution in [0.4, 0.5) is 4.79 Å². The van der Waals surface area contributed by atoms with Gasteiger partial charge in [0, 0.05) is 23.2 Å². The van der Waals surface area contributed by atoms with E-state index in [9.17, 15) is 4.79 Å². The molecule has 18 heavy (non-hydrogen) atoms. The van der Waals surface area contributed by atoms with Crippen LogP contribution in [0.15, 0.2) is 30.3 Å². The molecule has 0 aliphatic carbocycles. The Morgan fingerprint density at radius 3 is 2.83 bits per heavy atom. The van der Waals surface area contributed by atoms with Crippen molar-refractivity contribution in [3.63, 3.8) is 0 Å². The summed E-state index contributed by atoms with van der Waals surface area (Å²) < 4.78 is 5.29. The summed E-state index contributed by atoms with van der Waals surface area (Å²) in [6.45, 7) is 1.68. The molecule has 1 saturated heterocycles. The summed E-state index contributed by atoms with van der Waals surface area (Å²) in [6, 6.07) is 9.70. The summed E-state index contributed by atoms with van der Waals surface area (Å²) in [5.41, 5.74) is 1.00. The van der Waals surface area contributed by atoms with Gasteiger partial charge < -0.3 is 9.64 Å². The Morgan fingerprint density at radius 2 is 2.17 bits per heavy atom. The van der Waals surface area contributed by atoms with E-state index < -0.39 is 0 Å². The van der Waals surface area contributed by atoms with Gasteiger partial charge >= 0.3 is 6.09 Å². The van der Waals surface area contributed by atoms with Crippen LogP contribution < -0.4 is 0 Å². The minimum Gasteiger partial charge on any atom is -0.445 e. The lowest BCUT2D eigenvalue weighted by molar-refractivity contribution is 0.0912.